The summed E-state index contributed by atoms with van der Waals surface area (Å²) in [6.07, 6.45) is -0.0198. The fourth-order valence-electron chi connectivity index (χ4n) is 2.04. The third-order valence-corrected chi connectivity index (χ3v) is 2.83. The Labute approximate surface area is 130 Å². The monoisotopic (exact) mass is 309 g/mol. The molecule has 0 fully saturated rings. The van der Waals surface area contributed by atoms with Crippen LogP contribution in [0.15, 0.2) is 30.3 Å². The molecule has 0 heterocycles. The Morgan fingerprint density at radius 1 is 1.27 bits per heavy atom. The van der Waals surface area contributed by atoms with Crippen molar-refractivity contribution in [3.8, 4) is 0 Å². The number of hydrogen-bond acceptors (Lipinski definition) is 6. The summed E-state index contributed by atoms with van der Waals surface area (Å²) in [6, 6.07) is 8.77. The normalized spacial score (nSPS) is 12.5. The van der Waals surface area contributed by atoms with E-state index in [2.05, 4.69) is 5.32 Å². The molecule has 1 aromatic carbocycles. The average molecular weight is 309 g/mol. The van der Waals surface area contributed by atoms with Crippen LogP contribution in [0.5, 0.6) is 0 Å². The average Bonchev–Trinajstić information content (AvgIpc) is 2.43. The van der Waals surface area contributed by atoms with E-state index in [0.717, 1.165) is 5.56 Å². The number of aliphatic hydroxyl groups is 1. The quantitative estimate of drug-likeness (QED) is 0.557. The first-order valence-electron chi connectivity index (χ1n) is 7.10. The van der Waals surface area contributed by atoms with E-state index in [1.807, 2.05) is 30.3 Å². The summed E-state index contributed by atoms with van der Waals surface area (Å²) >= 11 is 0. The highest BCUT2D eigenvalue weighted by Gasteiger charge is 2.26. The van der Waals surface area contributed by atoms with Crippen molar-refractivity contribution in [2.24, 2.45) is 0 Å². The second-order valence-electron chi connectivity index (χ2n) is 5.48. The Balaban J connectivity index is 2.44. The standard InChI is InChI=1S/C16H23NO5/c1-12(19)22-16(2,3)17-14(10-18)9-15(20)21-11-13-7-5-4-6-8-13/h4-8,14,17-18H,9-11H2,1-3H3. The van der Waals surface area contributed by atoms with Gasteiger partial charge in [0.25, 0.3) is 0 Å². The zero-order valence-electron chi connectivity index (χ0n) is 13.2. The summed E-state index contributed by atoms with van der Waals surface area (Å²) in [5.74, 6) is -0.880. The lowest BCUT2D eigenvalue weighted by atomic mass is 10.1. The highest BCUT2D eigenvalue weighted by atomic mass is 16.6. The lowest BCUT2D eigenvalue weighted by Gasteiger charge is -2.30. The lowest BCUT2D eigenvalue weighted by Crippen LogP contribution is -2.50. The fourth-order valence-corrected chi connectivity index (χ4v) is 2.04. The van der Waals surface area contributed by atoms with Gasteiger partial charge in [0.05, 0.1) is 13.0 Å². The van der Waals surface area contributed by atoms with E-state index in [-0.39, 0.29) is 19.6 Å². The molecule has 6 nitrogen and oxygen atoms in total. The molecular formula is C16H23NO5. The van der Waals surface area contributed by atoms with Gasteiger partial charge in [-0.2, -0.15) is 0 Å². The third kappa shape index (κ3) is 7.19. The second kappa shape index (κ2) is 8.51. The van der Waals surface area contributed by atoms with Gasteiger partial charge in [-0.05, 0) is 19.4 Å². The molecule has 0 saturated heterocycles. The van der Waals surface area contributed by atoms with Gasteiger partial charge in [0, 0.05) is 13.0 Å². The summed E-state index contributed by atoms with van der Waals surface area (Å²) in [6.45, 7) is 4.50. The molecule has 0 aromatic heterocycles. The molecule has 0 bridgehead atoms. The van der Waals surface area contributed by atoms with Crippen LogP contribution in [-0.2, 0) is 25.7 Å². The van der Waals surface area contributed by atoms with Gasteiger partial charge in [0.15, 0.2) is 5.72 Å². The Kier molecular flexibility index (Phi) is 7.01. The van der Waals surface area contributed by atoms with Crippen LogP contribution in [0.1, 0.15) is 32.8 Å². The Morgan fingerprint density at radius 2 is 1.91 bits per heavy atom. The highest BCUT2D eigenvalue weighted by Crippen LogP contribution is 2.09. The van der Waals surface area contributed by atoms with Gasteiger partial charge in [-0.3, -0.25) is 14.9 Å². The molecule has 0 amide bonds. The molecule has 1 rings (SSSR count). The van der Waals surface area contributed by atoms with E-state index in [4.69, 9.17) is 9.47 Å². The molecule has 6 heteroatoms. The van der Waals surface area contributed by atoms with Crippen LogP contribution in [0.4, 0.5) is 0 Å². The predicted molar refractivity (Wildman–Crippen MR) is 80.7 cm³/mol. The number of carbonyl (C=O) groups excluding carboxylic acids is 2. The zero-order valence-corrected chi connectivity index (χ0v) is 13.2. The van der Waals surface area contributed by atoms with Crippen LogP contribution >= 0.6 is 0 Å². The van der Waals surface area contributed by atoms with E-state index >= 15 is 0 Å². The third-order valence-electron chi connectivity index (χ3n) is 2.83. The Hall–Kier alpha value is -1.92. The Bertz CT molecular complexity index is 487. The highest BCUT2D eigenvalue weighted by molar-refractivity contribution is 5.70. The van der Waals surface area contributed by atoms with Gasteiger partial charge in [-0.25, -0.2) is 0 Å². The van der Waals surface area contributed by atoms with Crippen LogP contribution in [-0.4, -0.2) is 35.4 Å². The maximum absolute atomic E-state index is 11.8. The van der Waals surface area contributed by atoms with Crippen LogP contribution in [0.2, 0.25) is 0 Å². The van der Waals surface area contributed by atoms with Crippen molar-refractivity contribution in [1.29, 1.82) is 0 Å². The van der Waals surface area contributed by atoms with Gasteiger partial charge in [0.1, 0.15) is 6.61 Å². The van der Waals surface area contributed by atoms with Gasteiger partial charge >= 0.3 is 11.9 Å². The topological polar surface area (TPSA) is 84.9 Å². The van der Waals surface area contributed by atoms with Crippen LogP contribution in [0.3, 0.4) is 0 Å². The second-order valence-corrected chi connectivity index (χ2v) is 5.48. The van der Waals surface area contributed by atoms with Gasteiger partial charge in [0.2, 0.25) is 0 Å². The van der Waals surface area contributed by atoms with Crippen LogP contribution < -0.4 is 5.32 Å². The maximum Gasteiger partial charge on any atom is 0.307 e. The van der Waals surface area contributed by atoms with Crippen LogP contribution in [0.25, 0.3) is 0 Å². The molecule has 0 aliphatic heterocycles. The summed E-state index contributed by atoms with van der Waals surface area (Å²) in [4.78, 5) is 22.8. The first-order valence-corrected chi connectivity index (χ1v) is 7.10. The molecule has 0 radical (unpaired) electrons. The predicted octanol–water partition coefficient (Wildman–Crippen LogP) is 1.37. The van der Waals surface area contributed by atoms with Crippen molar-refractivity contribution >= 4 is 11.9 Å². The Morgan fingerprint density at radius 3 is 2.45 bits per heavy atom. The van der Waals surface area contributed by atoms with E-state index in [1.165, 1.54) is 6.92 Å². The van der Waals surface area contributed by atoms with Gasteiger partial charge < -0.3 is 14.6 Å². The summed E-state index contributed by atoms with van der Waals surface area (Å²) in [5, 5.41) is 12.3. The largest absolute Gasteiger partial charge is 0.461 e. The maximum atomic E-state index is 11.8. The zero-order chi connectivity index (χ0) is 16.6. The number of ether oxygens (including phenoxy) is 2. The van der Waals surface area contributed by atoms with Crippen LogP contribution in [0, 0.1) is 0 Å². The minimum absolute atomic E-state index is 0.0198. The molecule has 0 aliphatic carbocycles. The molecule has 1 atom stereocenters. The minimum Gasteiger partial charge on any atom is -0.461 e. The fraction of sp³-hybridized carbons (Fsp3) is 0.500. The number of benzene rings is 1. The van der Waals surface area contributed by atoms with Crippen molar-refractivity contribution in [2.75, 3.05) is 6.61 Å². The molecule has 0 aliphatic rings. The van der Waals surface area contributed by atoms with Crippen molar-refractivity contribution < 1.29 is 24.2 Å². The SMILES string of the molecule is CC(=O)OC(C)(C)NC(CO)CC(=O)OCc1ccccc1. The van der Waals surface area contributed by atoms with Gasteiger partial charge in [-0.1, -0.05) is 30.3 Å². The van der Waals surface area contributed by atoms with Crippen molar-refractivity contribution in [3.63, 3.8) is 0 Å². The molecule has 1 unspecified atom stereocenters. The van der Waals surface area contributed by atoms with Crippen molar-refractivity contribution in [2.45, 2.75) is 45.6 Å². The molecular weight excluding hydrogens is 286 g/mol. The number of nitrogens with one attached hydrogen (secondary N) is 1. The minimum atomic E-state index is -0.973. The first kappa shape index (κ1) is 18.1. The molecule has 0 saturated carbocycles. The number of rotatable bonds is 8. The molecule has 122 valence electrons. The molecule has 2 N–H and O–H groups in total. The van der Waals surface area contributed by atoms with E-state index < -0.39 is 23.7 Å². The van der Waals surface area contributed by atoms with Crippen molar-refractivity contribution in [1.82, 2.24) is 5.32 Å². The first-order chi connectivity index (χ1) is 10.3. The number of esters is 2. The number of carbonyl (C=O) groups is 2. The smallest absolute Gasteiger partial charge is 0.307 e. The summed E-state index contributed by atoms with van der Waals surface area (Å²) in [5.41, 5.74) is -0.0801. The molecule has 0 spiro atoms. The molecule has 22 heavy (non-hydrogen) atoms. The molecule has 1 aromatic rings. The number of aliphatic hydroxyl groups excluding tert-OH is 1. The summed E-state index contributed by atoms with van der Waals surface area (Å²) in [7, 11) is 0. The lowest BCUT2D eigenvalue weighted by molar-refractivity contribution is -0.158. The van der Waals surface area contributed by atoms with E-state index in [9.17, 15) is 14.7 Å². The van der Waals surface area contributed by atoms with E-state index in [0.29, 0.717) is 0 Å². The van der Waals surface area contributed by atoms with Gasteiger partial charge in [-0.15, -0.1) is 0 Å². The van der Waals surface area contributed by atoms with E-state index in [1.54, 1.807) is 13.8 Å². The summed E-state index contributed by atoms with van der Waals surface area (Å²) < 4.78 is 10.2. The number of hydrogen-bond donors (Lipinski definition) is 2. The van der Waals surface area contributed by atoms with Crippen molar-refractivity contribution in [3.05, 3.63) is 35.9 Å².